The van der Waals surface area contributed by atoms with E-state index in [2.05, 4.69) is 48.6 Å². The Kier molecular flexibility index (Phi) is 5.74. The van der Waals surface area contributed by atoms with Crippen molar-refractivity contribution in [2.45, 2.75) is 13.8 Å². The molecule has 0 aliphatic carbocycles. The van der Waals surface area contributed by atoms with Gasteiger partial charge in [-0.15, -0.1) is 0 Å². The molecular weight excluding hydrogens is 376 g/mol. The number of hydrogen-bond donors (Lipinski definition) is 1. The van der Waals surface area contributed by atoms with Crippen molar-refractivity contribution in [2.75, 3.05) is 5.32 Å². The second-order valence-electron chi connectivity index (χ2n) is 7.06. The second-order valence-corrected chi connectivity index (χ2v) is 9.25. The van der Waals surface area contributed by atoms with Crippen molar-refractivity contribution in [3.8, 4) is 0 Å². The molecule has 0 atom stereocenters. The Hall–Kier alpha value is -2.96. The zero-order valence-corrected chi connectivity index (χ0v) is 17.5. The molecule has 144 valence electrons. The van der Waals surface area contributed by atoms with Crippen molar-refractivity contribution >= 4 is 35.2 Å². The fourth-order valence-corrected chi connectivity index (χ4v) is 6.00. The Morgan fingerprint density at radius 3 is 1.79 bits per heavy atom. The normalized spacial score (nSPS) is 10.9. The standard InChI is InChI=1S/C26H23FNP/c1-19-11-9-10-16-24(19)28-26-20(2)17-21(27)18-25(26)29(22-12-5-3-6-13-22)23-14-7-4-8-15-23/h3-18,28H,1-2H3. The third kappa shape index (κ3) is 4.23. The van der Waals surface area contributed by atoms with E-state index >= 15 is 0 Å². The minimum Gasteiger partial charge on any atom is -0.355 e. The maximum atomic E-state index is 14.6. The van der Waals surface area contributed by atoms with Gasteiger partial charge in [-0.25, -0.2) is 4.39 Å². The maximum absolute atomic E-state index is 14.6. The average molecular weight is 399 g/mol. The molecule has 0 aromatic heterocycles. The number of halogens is 1. The fraction of sp³-hybridized carbons (Fsp3) is 0.0769. The lowest BCUT2D eigenvalue weighted by atomic mass is 10.1. The zero-order valence-electron chi connectivity index (χ0n) is 16.6. The van der Waals surface area contributed by atoms with E-state index in [0.29, 0.717) is 0 Å². The van der Waals surface area contributed by atoms with Gasteiger partial charge in [0, 0.05) is 11.0 Å². The van der Waals surface area contributed by atoms with Gasteiger partial charge in [-0.2, -0.15) is 0 Å². The van der Waals surface area contributed by atoms with Gasteiger partial charge < -0.3 is 5.32 Å². The van der Waals surface area contributed by atoms with Crippen LogP contribution in [-0.2, 0) is 0 Å². The molecule has 29 heavy (non-hydrogen) atoms. The second kappa shape index (κ2) is 8.59. The molecule has 0 unspecified atom stereocenters. The van der Waals surface area contributed by atoms with E-state index in [-0.39, 0.29) is 5.82 Å². The lowest BCUT2D eigenvalue weighted by molar-refractivity contribution is 0.628. The third-order valence-corrected chi connectivity index (χ3v) is 7.42. The van der Waals surface area contributed by atoms with Gasteiger partial charge in [0.1, 0.15) is 5.82 Å². The van der Waals surface area contributed by atoms with Gasteiger partial charge >= 0.3 is 0 Å². The SMILES string of the molecule is Cc1ccccc1Nc1c(C)cc(F)cc1P(c1ccccc1)c1ccccc1. The first kappa shape index (κ1) is 19.4. The number of hydrogen-bond acceptors (Lipinski definition) is 1. The molecule has 0 saturated heterocycles. The van der Waals surface area contributed by atoms with Crippen LogP contribution >= 0.6 is 7.92 Å². The van der Waals surface area contributed by atoms with E-state index in [1.807, 2.05) is 55.5 Å². The van der Waals surface area contributed by atoms with Crippen molar-refractivity contribution in [1.82, 2.24) is 0 Å². The maximum Gasteiger partial charge on any atom is 0.124 e. The average Bonchev–Trinajstić information content (AvgIpc) is 2.73. The summed E-state index contributed by atoms with van der Waals surface area (Å²) in [6.07, 6.45) is 0. The minimum absolute atomic E-state index is 0.202. The van der Waals surface area contributed by atoms with Crippen molar-refractivity contribution in [2.24, 2.45) is 0 Å². The number of para-hydroxylation sites is 1. The Morgan fingerprint density at radius 2 is 1.21 bits per heavy atom. The minimum atomic E-state index is -0.908. The highest BCUT2D eigenvalue weighted by molar-refractivity contribution is 7.80. The summed E-state index contributed by atoms with van der Waals surface area (Å²) in [5, 5.41) is 7.01. The van der Waals surface area contributed by atoms with Gasteiger partial charge in [-0.3, -0.25) is 0 Å². The molecule has 0 heterocycles. The molecule has 4 aromatic rings. The highest BCUT2D eigenvalue weighted by Crippen LogP contribution is 2.38. The first-order valence-electron chi connectivity index (χ1n) is 9.66. The molecule has 0 aliphatic rings. The van der Waals surface area contributed by atoms with Crippen molar-refractivity contribution in [3.63, 3.8) is 0 Å². The van der Waals surface area contributed by atoms with Gasteiger partial charge in [-0.05, 0) is 61.7 Å². The molecule has 0 bridgehead atoms. The van der Waals surface area contributed by atoms with E-state index in [9.17, 15) is 4.39 Å². The molecule has 0 spiro atoms. The summed E-state index contributed by atoms with van der Waals surface area (Å²) in [5.41, 5.74) is 4.09. The van der Waals surface area contributed by atoms with Crippen LogP contribution < -0.4 is 21.2 Å². The molecule has 3 heteroatoms. The van der Waals surface area contributed by atoms with E-state index in [0.717, 1.165) is 27.8 Å². The van der Waals surface area contributed by atoms with Crippen LogP contribution in [0.15, 0.2) is 97.1 Å². The molecule has 1 nitrogen and oxygen atoms in total. The van der Waals surface area contributed by atoms with Crippen LogP contribution in [0.1, 0.15) is 11.1 Å². The Bertz CT molecular complexity index is 1070. The van der Waals surface area contributed by atoms with E-state index < -0.39 is 7.92 Å². The summed E-state index contributed by atoms with van der Waals surface area (Å²) in [5.74, 6) is -0.202. The van der Waals surface area contributed by atoms with Crippen LogP contribution in [0.25, 0.3) is 0 Å². The van der Waals surface area contributed by atoms with E-state index in [1.54, 1.807) is 12.1 Å². The Morgan fingerprint density at radius 1 is 0.655 bits per heavy atom. The van der Waals surface area contributed by atoms with Crippen molar-refractivity contribution < 1.29 is 4.39 Å². The summed E-state index contributed by atoms with van der Waals surface area (Å²) in [6, 6.07) is 32.3. The fourth-order valence-electron chi connectivity index (χ4n) is 3.49. The molecule has 0 fully saturated rings. The van der Waals surface area contributed by atoms with Crippen LogP contribution in [0, 0.1) is 19.7 Å². The number of rotatable bonds is 5. The molecule has 0 saturated carbocycles. The zero-order chi connectivity index (χ0) is 20.2. The first-order chi connectivity index (χ1) is 14.1. The largest absolute Gasteiger partial charge is 0.355 e. The van der Waals surface area contributed by atoms with Crippen LogP contribution in [0.5, 0.6) is 0 Å². The van der Waals surface area contributed by atoms with Crippen LogP contribution in [0.3, 0.4) is 0 Å². The van der Waals surface area contributed by atoms with Crippen LogP contribution in [0.4, 0.5) is 15.8 Å². The molecule has 0 radical (unpaired) electrons. The predicted octanol–water partition coefficient (Wildman–Crippen LogP) is 5.94. The Labute approximate surface area is 173 Å². The summed E-state index contributed by atoms with van der Waals surface area (Å²) in [4.78, 5) is 0. The van der Waals surface area contributed by atoms with Gasteiger partial charge in [0.15, 0.2) is 0 Å². The number of nitrogens with one attached hydrogen (secondary N) is 1. The number of aryl methyl sites for hydroxylation is 2. The highest BCUT2D eigenvalue weighted by Gasteiger charge is 2.22. The summed E-state index contributed by atoms with van der Waals surface area (Å²) in [7, 11) is -0.908. The molecule has 1 N–H and O–H groups in total. The number of anilines is 2. The molecule has 0 aliphatic heterocycles. The molecule has 4 rings (SSSR count). The topological polar surface area (TPSA) is 12.0 Å². The van der Waals surface area contributed by atoms with Gasteiger partial charge in [0.05, 0.1) is 5.69 Å². The lowest BCUT2D eigenvalue weighted by Gasteiger charge is -2.24. The monoisotopic (exact) mass is 399 g/mol. The summed E-state index contributed by atoms with van der Waals surface area (Å²) in [6.45, 7) is 4.05. The molecular formula is C26H23FNP. The smallest absolute Gasteiger partial charge is 0.124 e. The van der Waals surface area contributed by atoms with Gasteiger partial charge in [0.25, 0.3) is 0 Å². The van der Waals surface area contributed by atoms with Gasteiger partial charge in [0.2, 0.25) is 0 Å². The summed E-state index contributed by atoms with van der Waals surface area (Å²) >= 11 is 0. The van der Waals surface area contributed by atoms with Crippen molar-refractivity contribution in [1.29, 1.82) is 0 Å². The van der Waals surface area contributed by atoms with E-state index in [1.165, 1.54) is 10.6 Å². The van der Waals surface area contributed by atoms with E-state index in [4.69, 9.17) is 0 Å². The van der Waals surface area contributed by atoms with Crippen LogP contribution in [0.2, 0.25) is 0 Å². The highest BCUT2D eigenvalue weighted by atomic mass is 31.1. The third-order valence-electron chi connectivity index (χ3n) is 4.95. The van der Waals surface area contributed by atoms with Crippen LogP contribution in [-0.4, -0.2) is 0 Å². The number of benzene rings is 4. The lowest BCUT2D eigenvalue weighted by Crippen LogP contribution is -2.23. The quantitative estimate of drug-likeness (QED) is 0.409. The van der Waals surface area contributed by atoms with Crippen molar-refractivity contribution in [3.05, 3.63) is 114 Å². The Balaban J connectivity index is 1.92. The molecule has 4 aromatic carbocycles. The van der Waals surface area contributed by atoms with Gasteiger partial charge in [-0.1, -0.05) is 78.9 Å². The predicted molar refractivity (Wildman–Crippen MR) is 124 cm³/mol. The first-order valence-corrected chi connectivity index (χ1v) is 11.0. The summed E-state index contributed by atoms with van der Waals surface area (Å²) < 4.78 is 14.6. The molecule has 0 amide bonds.